The van der Waals surface area contributed by atoms with Crippen molar-refractivity contribution in [1.82, 2.24) is 0 Å². The molecule has 0 unspecified atom stereocenters. The molecule has 588 valence electrons. The second kappa shape index (κ2) is 33.1. The van der Waals surface area contributed by atoms with E-state index < -0.39 is 0 Å². The van der Waals surface area contributed by atoms with Crippen LogP contribution in [-0.4, -0.2) is 0 Å². The van der Waals surface area contributed by atoms with E-state index >= 15 is 0 Å². The van der Waals surface area contributed by atoms with Crippen molar-refractivity contribution in [2.24, 2.45) is 0 Å². The number of hydrogen-bond acceptors (Lipinski definition) is 6. The van der Waals surface area contributed by atoms with Gasteiger partial charge in [0.2, 0.25) is 0 Å². The molecule has 0 fully saturated rings. The Kier molecular flexibility index (Phi) is 21.7. The van der Waals surface area contributed by atoms with Gasteiger partial charge in [0.1, 0.15) is 0 Å². The van der Waals surface area contributed by atoms with Crippen LogP contribution in [0.3, 0.4) is 0 Å². The molecule has 6 aromatic heterocycles. The van der Waals surface area contributed by atoms with E-state index in [0.717, 1.165) is 0 Å². The van der Waals surface area contributed by atoms with E-state index in [4.69, 9.17) is 0 Å². The summed E-state index contributed by atoms with van der Waals surface area (Å²) in [6.07, 6.45) is 0. The van der Waals surface area contributed by atoms with Crippen molar-refractivity contribution in [3.63, 3.8) is 0 Å². The van der Waals surface area contributed by atoms with Crippen LogP contribution in [-0.2, 0) is 0 Å². The fourth-order valence-electron chi connectivity index (χ4n) is 17.6. The van der Waals surface area contributed by atoms with Crippen LogP contribution in [0.1, 0.15) is 152 Å². The topological polar surface area (TPSA) is 0 Å². The van der Waals surface area contributed by atoms with Crippen molar-refractivity contribution in [3.8, 4) is 0 Å². The Bertz CT molecular complexity index is 7900. The Morgan fingerprint density at radius 1 is 0.150 bits per heavy atom. The smallest absolute Gasteiger partial charge is 0.0433 e. The minimum Gasteiger partial charge on any atom is -0.135 e. The molecule has 18 aromatic carbocycles. The second-order valence-corrected chi connectivity index (χ2v) is 40.5. The Labute approximate surface area is 726 Å². The van der Waals surface area contributed by atoms with Gasteiger partial charge in [0.05, 0.1) is 0 Å². The summed E-state index contributed by atoms with van der Waals surface area (Å²) in [4.78, 5) is 0. The van der Waals surface area contributed by atoms with Crippen molar-refractivity contribution in [2.45, 2.75) is 119 Å². The summed E-state index contributed by atoms with van der Waals surface area (Å²) in [7, 11) is 0. The highest BCUT2D eigenvalue weighted by Gasteiger charge is 2.19. The van der Waals surface area contributed by atoms with Gasteiger partial charge < -0.3 is 0 Å². The van der Waals surface area contributed by atoms with Crippen LogP contribution in [0.5, 0.6) is 0 Å². The first kappa shape index (κ1) is 78.7. The normalized spacial score (nSPS) is 11.9. The second-order valence-electron chi connectivity index (χ2n) is 34.1. The summed E-state index contributed by atoms with van der Waals surface area (Å²) in [6.45, 7) is 27.2. The lowest BCUT2D eigenvalue weighted by molar-refractivity contribution is 0.869. The number of benzene rings is 18. The molecule has 0 aliphatic carbocycles. The molecule has 6 heterocycles. The lowest BCUT2D eigenvalue weighted by Crippen LogP contribution is -1.87. The average molecular weight is 1660 g/mol. The Morgan fingerprint density at radius 3 is 0.942 bits per heavy atom. The summed E-state index contributed by atoms with van der Waals surface area (Å²) < 4.78 is 16.8. The lowest BCUT2D eigenvalue weighted by atomic mass is 9.96. The van der Waals surface area contributed by atoms with E-state index in [2.05, 4.69) is 411 Å². The molecule has 0 saturated heterocycles. The predicted molar refractivity (Wildman–Crippen MR) is 546 cm³/mol. The summed E-state index contributed by atoms with van der Waals surface area (Å²) in [5.74, 6) is 3.43. The molecule has 0 aliphatic heterocycles. The van der Waals surface area contributed by atoms with Gasteiger partial charge in [-0.3, -0.25) is 0 Å². The third kappa shape index (κ3) is 15.1. The molecule has 6 heteroatoms. The Hall–Kier alpha value is -11.2. The highest BCUT2D eigenvalue weighted by Crippen LogP contribution is 2.47. The largest absolute Gasteiger partial charge is 0.135 e. The van der Waals surface area contributed by atoms with Crippen LogP contribution in [0.25, 0.3) is 186 Å². The SMILES string of the molecule is CC(C)c1ccc2c(c1)sc1cc3ccccc3cc12.CC(C)c1ccc2sc3c4ccccc4ccc3c2c1.CC(C)c1ccc2sc3cc4ccccc4cc3c2c1.CC(C)c1cccc2c1sc1cc3ccccc3cc12.CC(C)c1cccc2sc3c4ccccc4ccc3c12.CC(C)c1cccc2sc3cc4ccccc4cc3c12. The van der Waals surface area contributed by atoms with Crippen LogP contribution in [0.2, 0.25) is 0 Å². The van der Waals surface area contributed by atoms with Gasteiger partial charge in [0.15, 0.2) is 0 Å². The number of hydrogen-bond donors (Lipinski definition) is 0. The van der Waals surface area contributed by atoms with Crippen LogP contribution in [0.4, 0.5) is 0 Å². The van der Waals surface area contributed by atoms with Crippen molar-refractivity contribution >= 4 is 254 Å². The number of thiophene rings is 6. The van der Waals surface area contributed by atoms with Crippen molar-refractivity contribution in [1.29, 1.82) is 0 Å². The third-order valence-corrected chi connectivity index (χ3v) is 31.2. The third-order valence-electron chi connectivity index (χ3n) is 24.2. The van der Waals surface area contributed by atoms with Gasteiger partial charge in [0.25, 0.3) is 0 Å². The summed E-state index contributed by atoms with van der Waals surface area (Å²) >= 11 is 11.5. The summed E-state index contributed by atoms with van der Waals surface area (Å²) in [5.41, 5.74) is 8.66. The quantitative estimate of drug-likeness (QED) is 0.156. The Balaban J connectivity index is 0.0000000952. The van der Waals surface area contributed by atoms with Crippen LogP contribution < -0.4 is 0 Å². The van der Waals surface area contributed by atoms with E-state index in [9.17, 15) is 0 Å². The van der Waals surface area contributed by atoms with Crippen LogP contribution in [0.15, 0.2) is 328 Å². The van der Waals surface area contributed by atoms with Crippen molar-refractivity contribution < 1.29 is 0 Å². The minimum atomic E-state index is 0.558. The van der Waals surface area contributed by atoms with Crippen molar-refractivity contribution in [3.05, 3.63) is 361 Å². The molecule has 24 rings (SSSR count). The maximum atomic E-state index is 2.37. The maximum Gasteiger partial charge on any atom is 0.0433 e. The molecule has 0 bridgehead atoms. The molecule has 0 nitrogen and oxygen atoms in total. The van der Waals surface area contributed by atoms with E-state index in [1.165, 1.54) is 219 Å². The van der Waals surface area contributed by atoms with Crippen LogP contribution >= 0.6 is 68.0 Å². The van der Waals surface area contributed by atoms with Gasteiger partial charge in [-0.1, -0.05) is 320 Å². The van der Waals surface area contributed by atoms with Gasteiger partial charge >= 0.3 is 0 Å². The van der Waals surface area contributed by atoms with Crippen molar-refractivity contribution in [2.75, 3.05) is 0 Å². The Morgan fingerprint density at radius 2 is 0.442 bits per heavy atom. The fraction of sp³-hybridized carbons (Fsp3) is 0.158. The molecule has 0 spiro atoms. The highest BCUT2D eigenvalue weighted by atomic mass is 32.1. The standard InChI is InChI=1S/6C19H16S/c1-12(2)15-8-5-9-17-19(15)16-10-13-6-3-4-7-14(13)11-18(16)20-17;1-12(2)15-8-5-9-16-17-10-13-6-3-4-7-14(13)11-18(17)20-19(15)16;1-12(2)14-8-5-9-17-18(14)16-11-10-13-6-3-4-7-15(13)19(16)20-17;1-12(2)14-8-10-18-17(11-14)16-9-7-13-5-3-4-6-15(13)19(16)20-18;1-12(2)13-7-8-16-17-9-14-5-3-4-6-15(14)11-19(17)20-18(16)10-13;1-12(2)13-7-8-18-16(9-13)17-10-14-5-3-4-6-15(14)11-19(17)20-18/h6*3-12H,1-2H3. The zero-order valence-corrected chi connectivity index (χ0v) is 75.0. The molecule has 0 saturated carbocycles. The van der Waals surface area contributed by atoms with E-state index in [1.807, 2.05) is 68.0 Å². The van der Waals surface area contributed by atoms with E-state index in [0.29, 0.717) is 35.5 Å². The fourth-order valence-corrected chi connectivity index (χ4v) is 25.0. The monoisotopic (exact) mass is 1660 g/mol. The maximum absolute atomic E-state index is 2.37. The highest BCUT2D eigenvalue weighted by molar-refractivity contribution is 7.28. The molecule has 0 amide bonds. The summed E-state index contributed by atoms with van der Waals surface area (Å²) in [6, 6.07) is 120. The van der Waals surface area contributed by atoms with Gasteiger partial charge in [0, 0.05) is 121 Å². The number of fused-ring (bicyclic) bond motifs is 26. The first-order valence-corrected chi connectivity index (χ1v) is 47.4. The van der Waals surface area contributed by atoms with E-state index in [-0.39, 0.29) is 0 Å². The van der Waals surface area contributed by atoms with Gasteiger partial charge in [-0.15, -0.1) is 68.0 Å². The van der Waals surface area contributed by atoms with Gasteiger partial charge in [-0.2, -0.15) is 0 Å². The molecule has 0 N–H and O–H groups in total. The van der Waals surface area contributed by atoms with E-state index in [1.54, 1.807) is 0 Å². The molecular formula is C114H96S6. The molecule has 24 aromatic rings. The zero-order chi connectivity index (χ0) is 82.1. The molecule has 0 atom stereocenters. The van der Waals surface area contributed by atoms with Crippen LogP contribution in [0, 0.1) is 0 Å². The molecule has 0 aliphatic rings. The first-order chi connectivity index (χ1) is 58.4. The van der Waals surface area contributed by atoms with Gasteiger partial charge in [-0.25, -0.2) is 0 Å². The molecule has 120 heavy (non-hydrogen) atoms. The van der Waals surface area contributed by atoms with Gasteiger partial charge in [-0.05, 0) is 225 Å². The molecule has 0 radical (unpaired) electrons. The number of rotatable bonds is 6. The minimum absolute atomic E-state index is 0.558. The first-order valence-electron chi connectivity index (χ1n) is 42.5. The molecular weight excluding hydrogens is 1560 g/mol. The zero-order valence-electron chi connectivity index (χ0n) is 70.1. The predicted octanol–water partition coefficient (Wildman–Crippen LogP) is 38.0. The average Bonchev–Trinajstić information content (AvgIpc) is 1.63. The lowest BCUT2D eigenvalue weighted by Gasteiger charge is -2.07. The summed E-state index contributed by atoms with van der Waals surface area (Å²) in [5, 5.41) is 32.9.